The van der Waals surface area contributed by atoms with Gasteiger partial charge in [-0.05, 0) is 40.4 Å². The summed E-state index contributed by atoms with van der Waals surface area (Å²) in [6, 6.07) is 10.9. The second kappa shape index (κ2) is 5.19. The van der Waals surface area contributed by atoms with Gasteiger partial charge in [0.1, 0.15) is 0 Å². The van der Waals surface area contributed by atoms with E-state index in [0.29, 0.717) is 0 Å². The molecule has 0 aliphatic heterocycles. The number of aromatic nitrogens is 1. The molecule has 0 spiro atoms. The molecule has 19 heavy (non-hydrogen) atoms. The quantitative estimate of drug-likeness (QED) is 0.758. The fourth-order valence-electron chi connectivity index (χ4n) is 2.36. The van der Waals surface area contributed by atoms with Crippen molar-refractivity contribution in [1.82, 2.24) is 4.57 Å². The Bertz CT molecular complexity index is 681. The zero-order valence-electron chi connectivity index (χ0n) is 11.0. The van der Waals surface area contributed by atoms with E-state index in [1.807, 2.05) is 11.3 Å². The Kier molecular flexibility index (Phi) is 3.40. The lowest BCUT2D eigenvalue weighted by atomic mass is 10.1. The number of rotatable bonds is 4. The van der Waals surface area contributed by atoms with Crippen LogP contribution in [-0.2, 0) is 6.54 Å². The smallest absolute Gasteiger partial charge is 0.0484 e. The minimum Gasteiger partial charge on any atom is -0.350 e. The van der Waals surface area contributed by atoms with Gasteiger partial charge in [-0.2, -0.15) is 0 Å². The van der Waals surface area contributed by atoms with Crippen molar-refractivity contribution in [2.24, 2.45) is 5.73 Å². The summed E-state index contributed by atoms with van der Waals surface area (Å²) in [5.74, 6) is 0. The van der Waals surface area contributed by atoms with Crippen LogP contribution < -0.4 is 5.73 Å². The number of fused-ring (bicyclic) bond motifs is 1. The Hall–Kier alpha value is -1.58. The SMILES string of the molecule is CCC(N)c1ccn(Cc2csc3ccccc23)c1. The van der Waals surface area contributed by atoms with E-state index in [4.69, 9.17) is 5.73 Å². The van der Waals surface area contributed by atoms with Gasteiger partial charge in [0.05, 0.1) is 0 Å². The first-order valence-electron chi connectivity index (χ1n) is 6.64. The minimum atomic E-state index is 0.153. The van der Waals surface area contributed by atoms with Crippen molar-refractivity contribution >= 4 is 21.4 Å². The third-order valence-electron chi connectivity index (χ3n) is 3.56. The first kappa shape index (κ1) is 12.5. The minimum absolute atomic E-state index is 0.153. The molecule has 2 nitrogen and oxygen atoms in total. The molecule has 3 aromatic rings. The Morgan fingerprint density at radius 3 is 2.95 bits per heavy atom. The molecule has 3 rings (SSSR count). The van der Waals surface area contributed by atoms with Crippen molar-refractivity contribution in [1.29, 1.82) is 0 Å². The van der Waals surface area contributed by atoms with Crippen molar-refractivity contribution in [3.63, 3.8) is 0 Å². The summed E-state index contributed by atoms with van der Waals surface area (Å²) in [6.07, 6.45) is 5.27. The van der Waals surface area contributed by atoms with Crippen LogP contribution in [0.2, 0.25) is 0 Å². The maximum Gasteiger partial charge on any atom is 0.0484 e. The summed E-state index contributed by atoms with van der Waals surface area (Å²) >= 11 is 1.81. The third kappa shape index (κ3) is 2.44. The van der Waals surface area contributed by atoms with E-state index in [0.717, 1.165) is 13.0 Å². The summed E-state index contributed by atoms with van der Waals surface area (Å²) in [5, 5.41) is 3.62. The van der Waals surface area contributed by atoms with Crippen LogP contribution in [0.4, 0.5) is 0 Å². The molecule has 1 atom stereocenters. The van der Waals surface area contributed by atoms with Crippen LogP contribution >= 0.6 is 11.3 Å². The van der Waals surface area contributed by atoms with Crippen molar-refractivity contribution in [3.05, 3.63) is 59.2 Å². The van der Waals surface area contributed by atoms with Crippen LogP contribution in [0, 0.1) is 0 Å². The number of hydrogen-bond donors (Lipinski definition) is 1. The van der Waals surface area contributed by atoms with E-state index in [2.05, 4.69) is 59.6 Å². The highest BCUT2D eigenvalue weighted by Gasteiger charge is 2.07. The average Bonchev–Trinajstić information content (AvgIpc) is 3.06. The molecule has 0 radical (unpaired) electrons. The first-order valence-corrected chi connectivity index (χ1v) is 7.52. The molecule has 2 N–H and O–H groups in total. The van der Waals surface area contributed by atoms with Gasteiger partial charge in [-0.25, -0.2) is 0 Å². The summed E-state index contributed by atoms with van der Waals surface area (Å²) in [4.78, 5) is 0. The van der Waals surface area contributed by atoms with Crippen molar-refractivity contribution in [3.8, 4) is 0 Å². The molecule has 1 unspecified atom stereocenters. The lowest BCUT2D eigenvalue weighted by Crippen LogP contribution is -2.07. The number of nitrogens with zero attached hydrogens (tertiary/aromatic N) is 1. The van der Waals surface area contributed by atoms with E-state index >= 15 is 0 Å². The summed E-state index contributed by atoms with van der Waals surface area (Å²) in [5.41, 5.74) is 8.67. The molecular formula is C16H18N2S. The highest BCUT2D eigenvalue weighted by molar-refractivity contribution is 7.17. The summed E-state index contributed by atoms with van der Waals surface area (Å²) in [6.45, 7) is 3.04. The van der Waals surface area contributed by atoms with Gasteiger partial charge in [-0.15, -0.1) is 11.3 Å². The molecule has 0 fully saturated rings. The monoisotopic (exact) mass is 270 g/mol. The lowest BCUT2D eigenvalue weighted by molar-refractivity contribution is 0.693. The third-order valence-corrected chi connectivity index (χ3v) is 4.57. The van der Waals surface area contributed by atoms with Gasteiger partial charge in [0.25, 0.3) is 0 Å². The highest BCUT2D eigenvalue weighted by Crippen LogP contribution is 2.26. The van der Waals surface area contributed by atoms with Gasteiger partial charge >= 0.3 is 0 Å². The zero-order valence-corrected chi connectivity index (χ0v) is 11.9. The van der Waals surface area contributed by atoms with Crippen molar-refractivity contribution in [2.75, 3.05) is 0 Å². The predicted octanol–water partition coefficient (Wildman–Crippen LogP) is 4.16. The van der Waals surface area contributed by atoms with Crippen molar-refractivity contribution in [2.45, 2.75) is 25.9 Å². The maximum absolute atomic E-state index is 6.06. The van der Waals surface area contributed by atoms with Crippen LogP contribution in [0.1, 0.15) is 30.5 Å². The molecule has 0 aliphatic carbocycles. The second-order valence-electron chi connectivity index (χ2n) is 4.89. The van der Waals surface area contributed by atoms with Crippen LogP contribution in [0.15, 0.2) is 48.1 Å². The van der Waals surface area contributed by atoms with E-state index in [1.54, 1.807) is 0 Å². The van der Waals surface area contributed by atoms with E-state index in [9.17, 15) is 0 Å². The fraction of sp³-hybridized carbons (Fsp3) is 0.250. The van der Waals surface area contributed by atoms with Gasteiger partial charge in [0.15, 0.2) is 0 Å². The molecule has 2 heterocycles. The molecule has 98 valence electrons. The molecule has 3 heteroatoms. The van der Waals surface area contributed by atoms with Crippen LogP contribution in [-0.4, -0.2) is 4.57 Å². The molecule has 1 aromatic carbocycles. The maximum atomic E-state index is 6.06. The van der Waals surface area contributed by atoms with Crippen LogP contribution in [0.5, 0.6) is 0 Å². The second-order valence-corrected chi connectivity index (χ2v) is 5.80. The number of thiophene rings is 1. The van der Waals surface area contributed by atoms with E-state index in [1.165, 1.54) is 21.2 Å². The number of benzene rings is 1. The fourth-order valence-corrected chi connectivity index (χ4v) is 3.32. The molecule has 0 saturated heterocycles. The largest absolute Gasteiger partial charge is 0.350 e. The molecule has 0 amide bonds. The Balaban J connectivity index is 1.87. The van der Waals surface area contributed by atoms with Crippen LogP contribution in [0.3, 0.4) is 0 Å². The van der Waals surface area contributed by atoms with Crippen LogP contribution in [0.25, 0.3) is 10.1 Å². The first-order chi connectivity index (χ1) is 9.28. The Morgan fingerprint density at radius 2 is 2.11 bits per heavy atom. The standard InChI is InChI=1S/C16H18N2S/c1-2-15(17)12-7-8-18(9-12)10-13-11-19-16-6-4-3-5-14(13)16/h3-9,11,15H,2,10,17H2,1H3. The van der Waals surface area contributed by atoms with Gasteiger partial charge < -0.3 is 10.3 Å². The average molecular weight is 270 g/mol. The van der Waals surface area contributed by atoms with E-state index < -0.39 is 0 Å². The van der Waals surface area contributed by atoms with E-state index in [-0.39, 0.29) is 6.04 Å². The predicted molar refractivity (Wildman–Crippen MR) is 82.6 cm³/mol. The number of nitrogens with two attached hydrogens (primary N) is 1. The summed E-state index contributed by atoms with van der Waals surface area (Å²) < 4.78 is 3.58. The van der Waals surface area contributed by atoms with Gasteiger partial charge in [0, 0.05) is 29.7 Å². The topological polar surface area (TPSA) is 30.9 Å². The Morgan fingerprint density at radius 1 is 1.26 bits per heavy atom. The Labute approximate surface area is 117 Å². The van der Waals surface area contributed by atoms with Crippen molar-refractivity contribution < 1.29 is 0 Å². The molecular weight excluding hydrogens is 252 g/mol. The highest BCUT2D eigenvalue weighted by atomic mass is 32.1. The number of hydrogen-bond acceptors (Lipinski definition) is 2. The van der Waals surface area contributed by atoms with Gasteiger partial charge in [0.2, 0.25) is 0 Å². The van der Waals surface area contributed by atoms with Gasteiger partial charge in [-0.3, -0.25) is 0 Å². The molecule has 0 saturated carbocycles. The molecule has 2 aromatic heterocycles. The van der Waals surface area contributed by atoms with Gasteiger partial charge in [-0.1, -0.05) is 25.1 Å². The zero-order chi connectivity index (χ0) is 13.2. The summed E-state index contributed by atoms with van der Waals surface area (Å²) in [7, 11) is 0. The molecule has 0 bridgehead atoms. The lowest BCUT2D eigenvalue weighted by Gasteiger charge is -2.05. The molecule has 0 aliphatic rings. The normalized spacial score (nSPS) is 12.9.